The molecule has 4 rings (SSSR count). The molecule has 256 valence electrons. The quantitative estimate of drug-likeness (QED) is 0.128. The minimum Gasteiger partial charge on any atom is -0.453 e. The second kappa shape index (κ2) is 14.3. The summed E-state index contributed by atoms with van der Waals surface area (Å²) in [5.74, 6) is 2.36. The lowest BCUT2D eigenvalue weighted by molar-refractivity contribution is 0.103. The molecule has 0 spiro atoms. The summed E-state index contributed by atoms with van der Waals surface area (Å²) in [4.78, 5) is 14.1. The Morgan fingerprint density at radius 2 is 0.958 bits per heavy atom. The van der Waals surface area contributed by atoms with Gasteiger partial charge in [0.2, 0.25) is 0 Å². The number of benzene rings is 4. The van der Waals surface area contributed by atoms with E-state index in [0.717, 1.165) is 48.3 Å². The Labute approximate surface area is 291 Å². The summed E-state index contributed by atoms with van der Waals surface area (Å²) in [6, 6.07) is 28.2. The molecule has 48 heavy (non-hydrogen) atoms. The predicted octanol–water partition coefficient (Wildman–Crippen LogP) is 13.3. The summed E-state index contributed by atoms with van der Waals surface area (Å²) in [6.45, 7) is 27.1. The minimum atomic E-state index is -0.158. The molecule has 0 unspecified atom stereocenters. The molecular formula is C45H58O3. The number of ether oxygens (including phenoxy) is 2. The molecule has 0 amide bonds. The molecule has 0 aliphatic heterocycles. The molecule has 0 aromatic heterocycles. The van der Waals surface area contributed by atoms with Gasteiger partial charge in [-0.25, -0.2) is 0 Å². The molecule has 0 aliphatic carbocycles. The van der Waals surface area contributed by atoms with Gasteiger partial charge in [-0.15, -0.1) is 0 Å². The lowest BCUT2D eigenvalue weighted by Gasteiger charge is -2.31. The van der Waals surface area contributed by atoms with Gasteiger partial charge in [0.05, 0.1) is 5.56 Å². The first-order chi connectivity index (χ1) is 22.5. The van der Waals surface area contributed by atoms with Crippen LogP contribution in [0.3, 0.4) is 0 Å². The van der Waals surface area contributed by atoms with Gasteiger partial charge in [-0.2, -0.15) is 0 Å². The molecule has 0 radical (unpaired) electrons. The molecule has 0 bridgehead atoms. The summed E-state index contributed by atoms with van der Waals surface area (Å²) in [5.41, 5.74) is 5.68. The fraction of sp³-hybridized carbons (Fsp3) is 0.444. The maximum absolute atomic E-state index is 14.1. The largest absolute Gasteiger partial charge is 0.453 e. The lowest BCUT2D eigenvalue weighted by Crippen LogP contribution is -2.21. The summed E-state index contributed by atoms with van der Waals surface area (Å²) >= 11 is 0. The van der Waals surface area contributed by atoms with Gasteiger partial charge in [-0.05, 0) is 82.7 Å². The fourth-order valence-electron chi connectivity index (χ4n) is 5.78. The van der Waals surface area contributed by atoms with E-state index in [-0.39, 0.29) is 27.4 Å². The van der Waals surface area contributed by atoms with Crippen LogP contribution in [0.5, 0.6) is 23.0 Å². The van der Waals surface area contributed by atoms with Crippen molar-refractivity contribution in [2.24, 2.45) is 0 Å². The van der Waals surface area contributed by atoms with Gasteiger partial charge >= 0.3 is 0 Å². The number of rotatable bonds is 14. The lowest BCUT2D eigenvalue weighted by atomic mass is 9.76. The Morgan fingerprint density at radius 1 is 0.500 bits per heavy atom. The van der Waals surface area contributed by atoms with Crippen LogP contribution in [0.4, 0.5) is 0 Å². The third-order valence-corrected chi connectivity index (χ3v) is 11.2. The molecule has 3 nitrogen and oxygen atoms in total. The third-order valence-electron chi connectivity index (χ3n) is 11.2. The Hall–Kier alpha value is -3.85. The van der Waals surface area contributed by atoms with Crippen LogP contribution >= 0.6 is 0 Å². The fourth-order valence-corrected chi connectivity index (χ4v) is 5.78. The van der Waals surface area contributed by atoms with Gasteiger partial charge in [-0.1, -0.05) is 144 Å². The average Bonchev–Trinajstić information content (AvgIpc) is 3.09. The van der Waals surface area contributed by atoms with Crippen molar-refractivity contribution in [2.75, 3.05) is 0 Å². The number of ketones is 1. The zero-order valence-electron chi connectivity index (χ0n) is 31.6. The Morgan fingerprint density at radius 3 is 1.42 bits per heavy atom. The van der Waals surface area contributed by atoms with Gasteiger partial charge in [0, 0.05) is 16.7 Å². The molecule has 0 saturated carbocycles. The number of hydrogen-bond acceptors (Lipinski definition) is 3. The normalized spacial score (nSPS) is 12.6. The molecule has 0 heterocycles. The highest BCUT2D eigenvalue weighted by atomic mass is 16.5. The molecule has 4 aromatic carbocycles. The second-order valence-electron chi connectivity index (χ2n) is 15.9. The van der Waals surface area contributed by atoms with E-state index in [2.05, 4.69) is 119 Å². The maximum atomic E-state index is 14.1. The van der Waals surface area contributed by atoms with Crippen molar-refractivity contribution < 1.29 is 14.3 Å². The molecule has 0 fully saturated rings. The number of carbonyl (C=O) groups is 1. The average molecular weight is 647 g/mol. The van der Waals surface area contributed by atoms with Crippen molar-refractivity contribution in [1.82, 2.24) is 0 Å². The number of para-hydroxylation sites is 1. The van der Waals surface area contributed by atoms with Crippen LogP contribution in [0.25, 0.3) is 0 Å². The van der Waals surface area contributed by atoms with E-state index in [1.165, 1.54) is 11.1 Å². The van der Waals surface area contributed by atoms with E-state index in [4.69, 9.17) is 9.47 Å². The summed E-state index contributed by atoms with van der Waals surface area (Å²) in [6.07, 6.45) is 3.94. The highest BCUT2D eigenvalue weighted by Crippen LogP contribution is 2.46. The molecule has 0 atom stereocenters. The monoisotopic (exact) mass is 646 g/mol. The molecule has 4 aromatic rings. The van der Waals surface area contributed by atoms with Crippen LogP contribution in [0.15, 0.2) is 84.9 Å². The van der Waals surface area contributed by atoms with Gasteiger partial charge in [0.15, 0.2) is 17.3 Å². The zero-order valence-corrected chi connectivity index (χ0v) is 31.6. The summed E-state index contributed by atoms with van der Waals surface area (Å²) < 4.78 is 13.9. The van der Waals surface area contributed by atoms with E-state index in [0.29, 0.717) is 22.6 Å². The Bertz CT molecular complexity index is 1720. The van der Waals surface area contributed by atoms with E-state index >= 15 is 0 Å². The first kappa shape index (κ1) is 37.0. The topological polar surface area (TPSA) is 35.5 Å². The van der Waals surface area contributed by atoms with Crippen molar-refractivity contribution in [3.8, 4) is 23.0 Å². The van der Waals surface area contributed by atoms with Gasteiger partial charge < -0.3 is 9.47 Å². The SMILES string of the molecule is CCC(C)(C)c1ccc(Oc2cccc(C(=O)c3ccccc3)c2Oc2ccc(C(C)(C)CC)cc2C(C)(C)CC)c(C(C)(C)CC)c1. The van der Waals surface area contributed by atoms with E-state index in [1.54, 1.807) is 0 Å². The first-order valence-corrected chi connectivity index (χ1v) is 17.9. The smallest absolute Gasteiger partial charge is 0.196 e. The van der Waals surface area contributed by atoms with Crippen molar-refractivity contribution in [1.29, 1.82) is 0 Å². The van der Waals surface area contributed by atoms with E-state index in [9.17, 15) is 4.79 Å². The van der Waals surface area contributed by atoms with Gasteiger partial charge in [-0.3, -0.25) is 4.79 Å². The van der Waals surface area contributed by atoms with Crippen LogP contribution in [-0.4, -0.2) is 5.78 Å². The van der Waals surface area contributed by atoms with Crippen LogP contribution in [-0.2, 0) is 21.7 Å². The van der Waals surface area contributed by atoms with Crippen molar-refractivity contribution in [3.63, 3.8) is 0 Å². The van der Waals surface area contributed by atoms with Crippen molar-refractivity contribution in [3.05, 3.63) is 118 Å². The molecule has 3 heteroatoms. The van der Waals surface area contributed by atoms with Gasteiger partial charge in [0.1, 0.15) is 11.5 Å². The van der Waals surface area contributed by atoms with E-state index < -0.39 is 0 Å². The Kier molecular flexibility index (Phi) is 11.0. The second-order valence-corrected chi connectivity index (χ2v) is 15.9. The highest BCUT2D eigenvalue weighted by molar-refractivity contribution is 6.11. The molecule has 0 aliphatic rings. The maximum Gasteiger partial charge on any atom is 0.196 e. The van der Waals surface area contributed by atoms with Crippen LogP contribution in [0.1, 0.15) is 147 Å². The van der Waals surface area contributed by atoms with Crippen LogP contribution < -0.4 is 9.47 Å². The molecule has 0 N–H and O–H groups in total. The first-order valence-electron chi connectivity index (χ1n) is 17.9. The van der Waals surface area contributed by atoms with Gasteiger partial charge in [0.25, 0.3) is 0 Å². The molecular weight excluding hydrogens is 588 g/mol. The minimum absolute atomic E-state index is 0.0214. The Balaban J connectivity index is 1.96. The summed E-state index contributed by atoms with van der Waals surface area (Å²) in [5, 5.41) is 0. The third kappa shape index (κ3) is 7.72. The predicted molar refractivity (Wildman–Crippen MR) is 203 cm³/mol. The van der Waals surface area contributed by atoms with Crippen LogP contribution in [0, 0.1) is 0 Å². The van der Waals surface area contributed by atoms with Crippen LogP contribution in [0.2, 0.25) is 0 Å². The number of carbonyl (C=O) groups excluding carboxylic acids is 1. The van der Waals surface area contributed by atoms with E-state index in [1.807, 2.05) is 48.5 Å². The van der Waals surface area contributed by atoms with Crippen molar-refractivity contribution in [2.45, 2.75) is 130 Å². The van der Waals surface area contributed by atoms with Crippen molar-refractivity contribution >= 4 is 5.78 Å². The summed E-state index contributed by atoms with van der Waals surface area (Å²) in [7, 11) is 0. The molecule has 0 saturated heterocycles. The highest BCUT2D eigenvalue weighted by Gasteiger charge is 2.31. The number of hydrogen-bond donors (Lipinski definition) is 0. The zero-order chi connectivity index (χ0) is 35.5. The standard InChI is InChI=1S/C45H58O3/c1-13-42(5,6)32-25-27-37(35(29-32)44(9,10)15-3)47-39-24-20-23-34(40(46)31-21-18-17-19-22-31)41(39)48-38-28-26-33(43(7,8)14-2)30-36(38)45(11,12)16-4/h17-30H,13-16H2,1-12H3.